The highest BCUT2D eigenvalue weighted by atomic mass is 16.5. The Morgan fingerprint density at radius 3 is 2.82 bits per heavy atom. The van der Waals surface area contributed by atoms with E-state index in [4.69, 9.17) is 4.74 Å². The number of nitrogens with one attached hydrogen (secondary N) is 2. The van der Waals surface area contributed by atoms with E-state index in [1.54, 1.807) is 39.2 Å². The molecule has 5 rings (SSSR count). The number of hydrogen-bond acceptors (Lipinski definition) is 7. The second kappa shape index (κ2) is 8.71. The van der Waals surface area contributed by atoms with Crippen LogP contribution in [0.4, 0.5) is 17.1 Å². The molecule has 0 amide bonds. The molecule has 4 aromatic rings. The van der Waals surface area contributed by atoms with Gasteiger partial charge in [-0.2, -0.15) is 0 Å². The van der Waals surface area contributed by atoms with Gasteiger partial charge in [-0.15, -0.1) is 5.10 Å². The minimum Gasteiger partial charge on any atom is -0.478 e. The Balaban J connectivity index is 1.67. The third kappa shape index (κ3) is 3.81. The Kier molecular flexibility index (Phi) is 5.58. The molecule has 1 aliphatic carbocycles. The molecule has 10 heteroatoms. The van der Waals surface area contributed by atoms with Crippen LogP contribution in [0.15, 0.2) is 60.3 Å². The van der Waals surface area contributed by atoms with Gasteiger partial charge in [0.25, 0.3) is 5.88 Å². The van der Waals surface area contributed by atoms with E-state index in [0.717, 1.165) is 25.0 Å². The lowest BCUT2D eigenvalue weighted by molar-refractivity contribution is 0.253. The molecule has 176 valence electrons. The molecular weight excluding hydrogens is 434 g/mol. The Morgan fingerprint density at radius 1 is 1.29 bits per heavy atom. The fourth-order valence-electron chi connectivity index (χ4n) is 4.20. The average Bonchev–Trinajstić information content (AvgIpc) is 3.38. The zero-order chi connectivity index (χ0) is 23.8. The molecule has 0 spiro atoms. The molecular formula is C24H27N7O3. The normalized spacial score (nSPS) is 14.6. The standard InChI is InChI=1S/C24H27N7O3/c1-4-21(32)26-16-9-6-10-17(11-16)30-14-18(27-19-13-29(2)28-23(19)34-3)22-25-12-20(15-7-5-8-15)31(22)24(30)33/h4,6,9-15,21,26-27,32H,1,5,7-8H2,2-3H3. The van der Waals surface area contributed by atoms with Gasteiger partial charge in [0.15, 0.2) is 5.65 Å². The summed E-state index contributed by atoms with van der Waals surface area (Å²) in [7, 11) is 3.37. The van der Waals surface area contributed by atoms with Crippen molar-refractivity contribution in [1.82, 2.24) is 23.7 Å². The van der Waals surface area contributed by atoms with Crippen molar-refractivity contribution in [3.8, 4) is 11.6 Å². The quantitative estimate of drug-likeness (QED) is 0.273. The fourth-order valence-corrected chi connectivity index (χ4v) is 4.20. The van der Waals surface area contributed by atoms with E-state index >= 15 is 0 Å². The highest BCUT2D eigenvalue weighted by Gasteiger charge is 2.26. The van der Waals surface area contributed by atoms with Crippen LogP contribution < -0.4 is 21.1 Å². The molecule has 1 saturated carbocycles. The number of imidazole rings is 1. The molecule has 1 atom stereocenters. The summed E-state index contributed by atoms with van der Waals surface area (Å²) in [6, 6.07) is 7.28. The van der Waals surface area contributed by atoms with Gasteiger partial charge >= 0.3 is 5.69 Å². The first-order valence-electron chi connectivity index (χ1n) is 11.1. The zero-order valence-electron chi connectivity index (χ0n) is 19.1. The van der Waals surface area contributed by atoms with Crippen LogP contribution in [-0.2, 0) is 7.05 Å². The van der Waals surface area contributed by atoms with Crippen LogP contribution >= 0.6 is 0 Å². The fraction of sp³-hybridized carbons (Fsp3) is 0.292. The van der Waals surface area contributed by atoms with Crippen molar-refractivity contribution in [2.45, 2.75) is 31.4 Å². The van der Waals surface area contributed by atoms with Gasteiger partial charge in [-0.3, -0.25) is 9.25 Å². The van der Waals surface area contributed by atoms with Crippen LogP contribution in [0.2, 0.25) is 0 Å². The van der Waals surface area contributed by atoms with Gasteiger partial charge in [-0.25, -0.2) is 14.2 Å². The number of rotatable bonds is 8. The maximum atomic E-state index is 13.7. The lowest BCUT2D eigenvalue weighted by Crippen LogP contribution is -2.28. The largest absolute Gasteiger partial charge is 0.478 e. The van der Waals surface area contributed by atoms with Crippen LogP contribution in [-0.4, -0.2) is 42.2 Å². The molecule has 34 heavy (non-hydrogen) atoms. The number of nitrogens with zero attached hydrogens (tertiary/aromatic N) is 5. The molecule has 3 heterocycles. The van der Waals surface area contributed by atoms with E-state index in [9.17, 15) is 9.90 Å². The van der Waals surface area contributed by atoms with E-state index < -0.39 is 6.23 Å². The molecule has 3 aromatic heterocycles. The molecule has 0 radical (unpaired) electrons. The van der Waals surface area contributed by atoms with Crippen LogP contribution in [0.3, 0.4) is 0 Å². The van der Waals surface area contributed by atoms with Gasteiger partial charge in [-0.05, 0) is 37.1 Å². The van der Waals surface area contributed by atoms with E-state index in [1.807, 2.05) is 31.4 Å². The van der Waals surface area contributed by atoms with Crippen molar-refractivity contribution >= 4 is 22.7 Å². The first-order valence-corrected chi connectivity index (χ1v) is 11.1. The Hall–Kier alpha value is -4.05. The number of benzene rings is 1. The molecule has 1 unspecified atom stereocenters. The highest BCUT2D eigenvalue weighted by molar-refractivity contribution is 5.75. The predicted octanol–water partition coefficient (Wildman–Crippen LogP) is 3.15. The van der Waals surface area contributed by atoms with Gasteiger partial charge in [0.05, 0.1) is 30.4 Å². The van der Waals surface area contributed by atoms with Crippen molar-refractivity contribution in [3.63, 3.8) is 0 Å². The summed E-state index contributed by atoms with van der Waals surface area (Å²) in [5, 5.41) is 20.5. The summed E-state index contributed by atoms with van der Waals surface area (Å²) in [6.45, 7) is 3.58. The number of aromatic nitrogens is 5. The van der Waals surface area contributed by atoms with Crippen molar-refractivity contribution < 1.29 is 9.84 Å². The van der Waals surface area contributed by atoms with E-state index in [1.165, 1.54) is 6.08 Å². The third-order valence-corrected chi connectivity index (χ3v) is 6.13. The number of ether oxygens (including phenoxy) is 1. The maximum absolute atomic E-state index is 13.7. The van der Waals surface area contributed by atoms with Gasteiger partial charge in [0, 0.05) is 31.0 Å². The van der Waals surface area contributed by atoms with Crippen molar-refractivity contribution in [2.24, 2.45) is 7.05 Å². The van der Waals surface area contributed by atoms with E-state index in [2.05, 4.69) is 27.3 Å². The number of aliphatic hydroxyl groups excluding tert-OH is 1. The van der Waals surface area contributed by atoms with Crippen LogP contribution in [0.5, 0.6) is 5.88 Å². The number of hydrogen-bond donors (Lipinski definition) is 3. The number of aliphatic hydroxyl groups is 1. The first-order chi connectivity index (χ1) is 16.5. The summed E-state index contributed by atoms with van der Waals surface area (Å²) in [4.78, 5) is 18.3. The summed E-state index contributed by atoms with van der Waals surface area (Å²) >= 11 is 0. The molecule has 0 saturated heterocycles. The Bertz CT molecular complexity index is 1410. The smallest absolute Gasteiger partial charge is 0.338 e. The second-order valence-corrected chi connectivity index (χ2v) is 8.39. The summed E-state index contributed by atoms with van der Waals surface area (Å²) in [5.74, 6) is 0.754. The molecule has 1 fully saturated rings. The monoisotopic (exact) mass is 461 g/mol. The van der Waals surface area contributed by atoms with Gasteiger partial charge in [0.1, 0.15) is 11.9 Å². The molecule has 10 nitrogen and oxygen atoms in total. The lowest BCUT2D eigenvalue weighted by Gasteiger charge is -2.25. The van der Waals surface area contributed by atoms with E-state index in [-0.39, 0.29) is 5.69 Å². The number of methoxy groups -OCH3 is 1. The first kappa shape index (κ1) is 21.8. The molecule has 3 N–H and O–H groups in total. The summed E-state index contributed by atoms with van der Waals surface area (Å²) in [6.07, 6.45) is 9.06. The number of aryl methyl sites for hydroxylation is 1. The van der Waals surface area contributed by atoms with Crippen LogP contribution in [0, 0.1) is 0 Å². The predicted molar refractivity (Wildman–Crippen MR) is 130 cm³/mol. The molecule has 1 aromatic carbocycles. The minimum atomic E-state index is -0.899. The van der Waals surface area contributed by atoms with Gasteiger partial charge in [0.2, 0.25) is 0 Å². The minimum absolute atomic E-state index is 0.209. The molecule has 0 bridgehead atoms. The number of fused-ring (bicyclic) bond motifs is 1. The van der Waals surface area contributed by atoms with Crippen molar-refractivity contribution in [3.05, 3.63) is 71.7 Å². The summed E-state index contributed by atoms with van der Waals surface area (Å²) < 4.78 is 10.3. The Morgan fingerprint density at radius 2 is 2.12 bits per heavy atom. The van der Waals surface area contributed by atoms with Crippen LogP contribution in [0.25, 0.3) is 11.3 Å². The van der Waals surface area contributed by atoms with Gasteiger partial charge < -0.3 is 20.5 Å². The van der Waals surface area contributed by atoms with Crippen molar-refractivity contribution in [1.29, 1.82) is 0 Å². The van der Waals surface area contributed by atoms with E-state index in [0.29, 0.717) is 40.2 Å². The zero-order valence-corrected chi connectivity index (χ0v) is 19.1. The topological polar surface area (TPSA) is 111 Å². The van der Waals surface area contributed by atoms with Crippen molar-refractivity contribution in [2.75, 3.05) is 17.7 Å². The Labute approximate surface area is 196 Å². The highest BCUT2D eigenvalue weighted by Crippen LogP contribution is 2.37. The second-order valence-electron chi connectivity index (χ2n) is 8.39. The number of anilines is 3. The van der Waals surface area contributed by atoms with Crippen LogP contribution in [0.1, 0.15) is 30.9 Å². The van der Waals surface area contributed by atoms with Gasteiger partial charge in [-0.1, -0.05) is 19.1 Å². The lowest BCUT2D eigenvalue weighted by atomic mass is 9.83. The SMILES string of the molecule is C=CC(O)Nc1cccc(-n2cc(Nc3cn(C)nc3OC)c3ncc(C4CCC4)n3c2=O)c1. The average molecular weight is 462 g/mol. The molecule has 1 aliphatic rings. The molecule has 0 aliphatic heterocycles. The summed E-state index contributed by atoms with van der Waals surface area (Å²) in [5.41, 5.74) is 3.85. The third-order valence-electron chi connectivity index (χ3n) is 6.13. The maximum Gasteiger partial charge on any atom is 0.338 e.